The molecule has 3 nitrogen and oxygen atoms in total. The van der Waals surface area contributed by atoms with Gasteiger partial charge in [-0.1, -0.05) is 0 Å². The standard InChI is InChI=1S/C11H15NO2/c1-7-4-10-11(14-6-13-10)5-9(7)8(2)12-3/h4-5,8,12H,6H2,1-3H3/t8-/m0/s1. The maximum atomic E-state index is 5.34. The van der Waals surface area contributed by atoms with Crippen molar-refractivity contribution in [1.29, 1.82) is 0 Å². The molecule has 0 aromatic heterocycles. The Hall–Kier alpha value is -1.22. The summed E-state index contributed by atoms with van der Waals surface area (Å²) >= 11 is 0. The first-order chi connectivity index (χ1) is 6.72. The zero-order valence-corrected chi connectivity index (χ0v) is 8.76. The van der Waals surface area contributed by atoms with Gasteiger partial charge in [-0.15, -0.1) is 0 Å². The molecule has 0 saturated carbocycles. The maximum absolute atomic E-state index is 5.34. The van der Waals surface area contributed by atoms with Gasteiger partial charge in [-0.3, -0.25) is 0 Å². The van der Waals surface area contributed by atoms with Gasteiger partial charge in [-0.2, -0.15) is 0 Å². The first-order valence-electron chi connectivity index (χ1n) is 4.79. The van der Waals surface area contributed by atoms with Crippen molar-refractivity contribution in [3.8, 4) is 11.5 Å². The summed E-state index contributed by atoms with van der Waals surface area (Å²) in [6, 6.07) is 4.43. The van der Waals surface area contributed by atoms with Crippen LogP contribution in [0.5, 0.6) is 11.5 Å². The summed E-state index contributed by atoms with van der Waals surface area (Å²) in [5.74, 6) is 1.71. The summed E-state index contributed by atoms with van der Waals surface area (Å²) in [6.07, 6.45) is 0. The van der Waals surface area contributed by atoms with Crippen LogP contribution in [0, 0.1) is 6.92 Å². The second-order valence-electron chi connectivity index (χ2n) is 3.57. The van der Waals surface area contributed by atoms with E-state index in [1.165, 1.54) is 11.1 Å². The summed E-state index contributed by atoms with van der Waals surface area (Å²) in [5, 5.41) is 3.22. The number of aryl methyl sites for hydroxylation is 1. The van der Waals surface area contributed by atoms with Crippen molar-refractivity contribution in [2.45, 2.75) is 19.9 Å². The van der Waals surface area contributed by atoms with Crippen LogP contribution in [0.4, 0.5) is 0 Å². The van der Waals surface area contributed by atoms with Gasteiger partial charge in [0, 0.05) is 6.04 Å². The third-order valence-corrected chi connectivity index (χ3v) is 2.66. The van der Waals surface area contributed by atoms with E-state index in [9.17, 15) is 0 Å². The van der Waals surface area contributed by atoms with E-state index in [-0.39, 0.29) is 0 Å². The highest BCUT2D eigenvalue weighted by atomic mass is 16.7. The molecule has 0 amide bonds. The average molecular weight is 193 g/mol. The molecule has 1 heterocycles. The number of hydrogen-bond acceptors (Lipinski definition) is 3. The van der Waals surface area contributed by atoms with E-state index in [1.807, 2.05) is 13.1 Å². The molecule has 1 aliphatic rings. The molecule has 0 fully saturated rings. The summed E-state index contributed by atoms with van der Waals surface area (Å²) in [7, 11) is 1.95. The van der Waals surface area contributed by atoms with Crippen LogP contribution in [0.15, 0.2) is 12.1 Å². The minimum Gasteiger partial charge on any atom is -0.454 e. The van der Waals surface area contributed by atoms with E-state index in [1.54, 1.807) is 0 Å². The van der Waals surface area contributed by atoms with Crippen LogP contribution in [-0.2, 0) is 0 Å². The van der Waals surface area contributed by atoms with Crippen LogP contribution in [-0.4, -0.2) is 13.8 Å². The van der Waals surface area contributed by atoms with E-state index in [0.29, 0.717) is 12.8 Å². The zero-order valence-electron chi connectivity index (χ0n) is 8.76. The van der Waals surface area contributed by atoms with Crippen molar-refractivity contribution in [1.82, 2.24) is 5.32 Å². The Labute approximate surface area is 84.0 Å². The lowest BCUT2D eigenvalue weighted by Crippen LogP contribution is -2.13. The number of nitrogens with one attached hydrogen (secondary N) is 1. The SMILES string of the molecule is CN[C@@H](C)c1cc2c(cc1C)OCO2. The second-order valence-corrected chi connectivity index (χ2v) is 3.57. The Kier molecular flexibility index (Phi) is 2.33. The summed E-state index contributed by atoms with van der Waals surface area (Å²) in [6.45, 7) is 4.56. The number of fused-ring (bicyclic) bond motifs is 1. The van der Waals surface area contributed by atoms with E-state index in [0.717, 1.165) is 11.5 Å². The molecule has 1 aromatic carbocycles. The average Bonchev–Trinajstić information content (AvgIpc) is 2.62. The maximum Gasteiger partial charge on any atom is 0.231 e. The molecule has 1 atom stereocenters. The van der Waals surface area contributed by atoms with Gasteiger partial charge in [0.1, 0.15) is 0 Å². The van der Waals surface area contributed by atoms with Gasteiger partial charge in [0.05, 0.1) is 0 Å². The predicted molar refractivity (Wildman–Crippen MR) is 54.8 cm³/mol. The Morgan fingerprint density at radius 3 is 2.57 bits per heavy atom. The van der Waals surface area contributed by atoms with Crippen LogP contribution in [0.2, 0.25) is 0 Å². The van der Waals surface area contributed by atoms with Gasteiger partial charge in [-0.25, -0.2) is 0 Å². The molecule has 0 radical (unpaired) electrons. The lowest BCUT2D eigenvalue weighted by Gasteiger charge is -2.14. The van der Waals surface area contributed by atoms with Crippen LogP contribution < -0.4 is 14.8 Å². The molecule has 1 aliphatic heterocycles. The van der Waals surface area contributed by atoms with Crippen molar-refractivity contribution in [2.75, 3.05) is 13.8 Å². The molecule has 0 unspecified atom stereocenters. The minimum absolute atomic E-state index is 0.337. The first kappa shape index (κ1) is 9.34. The largest absolute Gasteiger partial charge is 0.454 e. The first-order valence-corrected chi connectivity index (χ1v) is 4.79. The Morgan fingerprint density at radius 2 is 1.93 bits per heavy atom. The Balaban J connectivity index is 2.42. The number of rotatable bonds is 2. The number of benzene rings is 1. The molecule has 3 heteroatoms. The predicted octanol–water partition coefficient (Wildman–Crippen LogP) is 2.00. The Morgan fingerprint density at radius 1 is 1.29 bits per heavy atom. The van der Waals surface area contributed by atoms with Crippen LogP contribution in [0.25, 0.3) is 0 Å². The highest BCUT2D eigenvalue weighted by Crippen LogP contribution is 2.36. The molecule has 0 spiro atoms. The monoisotopic (exact) mass is 193 g/mol. The lowest BCUT2D eigenvalue weighted by atomic mass is 10.0. The fourth-order valence-electron chi connectivity index (χ4n) is 1.68. The normalized spacial score (nSPS) is 15.6. The molecule has 2 rings (SSSR count). The van der Waals surface area contributed by atoms with Crippen molar-refractivity contribution in [3.05, 3.63) is 23.3 Å². The second kappa shape index (κ2) is 3.50. The number of hydrogen-bond donors (Lipinski definition) is 1. The van der Waals surface area contributed by atoms with Crippen molar-refractivity contribution in [2.24, 2.45) is 0 Å². The van der Waals surface area contributed by atoms with Crippen LogP contribution in [0.1, 0.15) is 24.1 Å². The van der Waals surface area contributed by atoms with Crippen molar-refractivity contribution >= 4 is 0 Å². The molecule has 0 bridgehead atoms. The van der Waals surface area contributed by atoms with Gasteiger partial charge in [0.15, 0.2) is 11.5 Å². The molecule has 14 heavy (non-hydrogen) atoms. The quantitative estimate of drug-likeness (QED) is 0.779. The highest BCUT2D eigenvalue weighted by Gasteiger charge is 2.17. The summed E-state index contributed by atoms with van der Waals surface area (Å²) in [5.41, 5.74) is 2.49. The van der Waals surface area contributed by atoms with Gasteiger partial charge in [0.25, 0.3) is 0 Å². The fraction of sp³-hybridized carbons (Fsp3) is 0.455. The third-order valence-electron chi connectivity index (χ3n) is 2.66. The smallest absolute Gasteiger partial charge is 0.231 e. The molecular weight excluding hydrogens is 178 g/mol. The topological polar surface area (TPSA) is 30.5 Å². The molecule has 0 saturated heterocycles. The van der Waals surface area contributed by atoms with E-state index in [2.05, 4.69) is 25.2 Å². The summed E-state index contributed by atoms with van der Waals surface area (Å²) in [4.78, 5) is 0. The zero-order chi connectivity index (χ0) is 10.1. The molecule has 0 aliphatic carbocycles. The minimum atomic E-state index is 0.337. The molecule has 1 N–H and O–H groups in total. The van der Waals surface area contributed by atoms with E-state index >= 15 is 0 Å². The van der Waals surface area contributed by atoms with Gasteiger partial charge in [-0.05, 0) is 44.2 Å². The van der Waals surface area contributed by atoms with Crippen molar-refractivity contribution in [3.63, 3.8) is 0 Å². The van der Waals surface area contributed by atoms with Gasteiger partial charge >= 0.3 is 0 Å². The molecule has 1 aromatic rings. The third kappa shape index (κ3) is 1.44. The summed E-state index contributed by atoms with van der Waals surface area (Å²) < 4.78 is 10.6. The van der Waals surface area contributed by atoms with E-state index < -0.39 is 0 Å². The molecular formula is C11H15NO2. The molecule has 76 valence electrons. The van der Waals surface area contributed by atoms with E-state index in [4.69, 9.17) is 9.47 Å². The van der Waals surface area contributed by atoms with Gasteiger partial charge < -0.3 is 14.8 Å². The van der Waals surface area contributed by atoms with Crippen LogP contribution >= 0.6 is 0 Å². The number of ether oxygens (including phenoxy) is 2. The van der Waals surface area contributed by atoms with Gasteiger partial charge in [0.2, 0.25) is 6.79 Å². The fourth-order valence-corrected chi connectivity index (χ4v) is 1.68. The van der Waals surface area contributed by atoms with Crippen LogP contribution in [0.3, 0.4) is 0 Å². The highest BCUT2D eigenvalue weighted by molar-refractivity contribution is 5.49. The lowest BCUT2D eigenvalue weighted by molar-refractivity contribution is 0.174. The van der Waals surface area contributed by atoms with Crippen molar-refractivity contribution < 1.29 is 9.47 Å². The Bertz CT molecular complexity index is 349.